The molecule has 1 atom stereocenters. The second-order valence-corrected chi connectivity index (χ2v) is 7.02. The van der Waals surface area contributed by atoms with Gasteiger partial charge in [0.2, 0.25) is 0 Å². The number of hydrogen-bond acceptors (Lipinski definition) is 4. The highest BCUT2D eigenvalue weighted by atomic mass is 35.5. The lowest BCUT2D eigenvalue weighted by molar-refractivity contribution is 0.0676. The summed E-state index contributed by atoms with van der Waals surface area (Å²) in [6.45, 7) is 5.32. The van der Waals surface area contributed by atoms with E-state index >= 15 is 0 Å². The molecule has 1 saturated heterocycles. The number of hydrogen-bond donors (Lipinski definition) is 0. The fourth-order valence-corrected chi connectivity index (χ4v) is 3.82. The summed E-state index contributed by atoms with van der Waals surface area (Å²) in [6, 6.07) is 3.77. The first-order chi connectivity index (χ1) is 10.0. The van der Waals surface area contributed by atoms with Crippen LogP contribution in [0.15, 0.2) is 12.1 Å². The predicted molar refractivity (Wildman–Crippen MR) is 83.0 cm³/mol. The Bertz CT molecular complexity index is 666. The molecule has 1 amide bonds. The van der Waals surface area contributed by atoms with Crippen molar-refractivity contribution in [2.24, 2.45) is 0 Å². The minimum atomic E-state index is 0.0612. The molecule has 0 aromatic carbocycles. The van der Waals surface area contributed by atoms with Crippen molar-refractivity contribution in [2.75, 3.05) is 13.1 Å². The number of aromatic nitrogens is 3. The van der Waals surface area contributed by atoms with Gasteiger partial charge >= 0.3 is 0 Å². The van der Waals surface area contributed by atoms with Crippen molar-refractivity contribution in [3.8, 4) is 0 Å². The van der Waals surface area contributed by atoms with Crippen molar-refractivity contribution >= 4 is 28.8 Å². The first-order valence-corrected chi connectivity index (χ1v) is 8.18. The summed E-state index contributed by atoms with van der Waals surface area (Å²) in [5.41, 5.74) is 0. The Balaban J connectivity index is 1.77. The molecule has 0 spiro atoms. The predicted octanol–water partition coefficient (Wildman–Crippen LogP) is 3.09. The van der Waals surface area contributed by atoms with Crippen molar-refractivity contribution in [3.63, 3.8) is 0 Å². The molecule has 5 nitrogen and oxygen atoms in total. The molecule has 21 heavy (non-hydrogen) atoms. The molecule has 0 radical (unpaired) electrons. The summed E-state index contributed by atoms with van der Waals surface area (Å²) < 4.78 is 2.60. The van der Waals surface area contributed by atoms with Crippen LogP contribution in [0.3, 0.4) is 0 Å². The van der Waals surface area contributed by atoms with Crippen LogP contribution in [0.2, 0.25) is 4.34 Å². The van der Waals surface area contributed by atoms with Crippen LogP contribution in [-0.2, 0) is 0 Å². The van der Waals surface area contributed by atoms with Crippen LogP contribution in [0.4, 0.5) is 0 Å². The molecular weight excluding hydrogens is 308 g/mol. The lowest BCUT2D eigenvalue weighted by Crippen LogP contribution is -2.40. The number of halogens is 1. The zero-order valence-electron chi connectivity index (χ0n) is 12.0. The Morgan fingerprint density at radius 1 is 1.43 bits per heavy atom. The van der Waals surface area contributed by atoms with Crippen LogP contribution in [-0.4, -0.2) is 38.7 Å². The van der Waals surface area contributed by atoms with Gasteiger partial charge in [0.15, 0.2) is 0 Å². The topological polar surface area (TPSA) is 51.0 Å². The third-order valence-electron chi connectivity index (χ3n) is 3.72. The quantitative estimate of drug-likeness (QED) is 0.853. The van der Waals surface area contributed by atoms with Crippen molar-refractivity contribution in [2.45, 2.75) is 32.7 Å². The van der Waals surface area contributed by atoms with Crippen LogP contribution >= 0.6 is 22.9 Å². The number of aryl methyl sites for hydroxylation is 2. The third-order valence-corrected chi connectivity index (χ3v) is 4.94. The first kappa shape index (κ1) is 14.5. The monoisotopic (exact) mass is 324 g/mol. The summed E-state index contributed by atoms with van der Waals surface area (Å²) in [6.07, 6.45) is 2.01. The number of carbonyl (C=O) groups is 1. The molecule has 112 valence electrons. The van der Waals surface area contributed by atoms with E-state index in [-0.39, 0.29) is 11.9 Å². The van der Waals surface area contributed by atoms with Gasteiger partial charge in [-0.3, -0.25) is 4.79 Å². The van der Waals surface area contributed by atoms with E-state index in [1.165, 1.54) is 11.3 Å². The lowest BCUT2D eigenvalue weighted by atomic mass is 10.1. The number of nitrogens with zero attached hydrogens (tertiary/aromatic N) is 4. The SMILES string of the molecule is Cc1nc(C)n([C@H]2CCCN(C(=O)c3ccc(Cl)s3)C2)n1. The molecular formula is C14H17ClN4OS. The molecule has 0 N–H and O–H groups in total. The summed E-state index contributed by atoms with van der Waals surface area (Å²) in [5.74, 6) is 1.75. The number of carbonyl (C=O) groups excluding carboxylic acids is 1. The van der Waals surface area contributed by atoms with Gasteiger partial charge in [-0.2, -0.15) is 5.10 Å². The Hall–Kier alpha value is -1.40. The number of thiophene rings is 1. The van der Waals surface area contributed by atoms with Crippen molar-refractivity contribution in [1.29, 1.82) is 0 Å². The number of likely N-dealkylation sites (tertiary alicyclic amines) is 1. The number of amides is 1. The molecule has 1 aliphatic rings. The molecule has 2 aromatic rings. The van der Waals surface area contributed by atoms with E-state index in [1.54, 1.807) is 12.1 Å². The van der Waals surface area contributed by atoms with Crippen LogP contribution in [0.1, 0.15) is 40.2 Å². The second kappa shape index (κ2) is 5.77. The normalized spacial score (nSPS) is 19.0. The largest absolute Gasteiger partial charge is 0.336 e. The summed E-state index contributed by atoms with van der Waals surface area (Å²) in [7, 11) is 0. The van der Waals surface area contributed by atoms with Gasteiger partial charge in [-0.05, 0) is 38.8 Å². The molecule has 1 fully saturated rings. The van der Waals surface area contributed by atoms with Crippen LogP contribution in [0.25, 0.3) is 0 Å². The molecule has 0 unspecified atom stereocenters. The maximum atomic E-state index is 12.5. The van der Waals surface area contributed by atoms with E-state index in [1.807, 2.05) is 23.4 Å². The first-order valence-electron chi connectivity index (χ1n) is 6.99. The van der Waals surface area contributed by atoms with E-state index in [0.29, 0.717) is 15.8 Å². The zero-order chi connectivity index (χ0) is 15.0. The third kappa shape index (κ3) is 2.96. The van der Waals surface area contributed by atoms with Crippen LogP contribution in [0, 0.1) is 13.8 Å². The zero-order valence-corrected chi connectivity index (χ0v) is 13.6. The van der Waals surface area contributed by atoms with E-state index < -0.39 is 0 Å². The van der Waals surface area contributed by atoms with Crippen molar-refractivity contribution < 1.29 is 4.79 Å². The Morgan fingerprint density at radius 3 is 2.86 bits per heavy atom. The summed E-state index contributed by atoms with van der Waals surface area (Å²) in [4.78, 5) is 19.5. The van der Waals surface area contributed by atoms with E-state index in [4.69, 9.17) is 11.6 Å². The standard InChI is InChI=1S/C14H17ClN4OS/c1-9-16-10(2)19(17-9)11-4-3-7-18(8-11)14(20)12-5-6-13(15)21-12/h5-6,11H,3-4,7-8H2,1-2H3/t11-/m0/s1. The molecule has 0 saturated carbocycles. The van der Waals surface area contributed by atoms with Gasteiger partial charge in [0.05, 0.1) is 15.3 Å². The molecule has 0 bridgehead atoms. The lowest BCUT2D eigenvalue weighted by Gasteiger charge is -2.32. The highest BCUT2D eigenvalue weighted by Gasteiger charge is 2.27. The molecule has 3 rings (SSSR count). The fourth-order valence-electron chi connectivity index (χ4n) is 2.81. The molecule has 2 aromatic heterocycles. The maximum Gasteiger partial charge on any atom is 0.264 e. The Labute approximate surface area is 132 Å². The van der Waals surface area contributed by atoms with E-state index in [2.05, 4.69) is 10.1 Å². The van der Waals surface area contributed by atoms with Gasteiger partial charge in [-0.1, -0.05) is 11.6 Å². The number of rotatable bonds is 2. The average molecular weight is 325 g/mol. The number of piperidine rings is 1. The minimum Gasteiger partial charge on any atom is -0.336 e. The minimum absolute atomic E-state index is 0.0612. The smallest absolute Gasteiger partial charge is 0.264 e. The highest BCUT2D eigenvalue weighted by Crippen LogP contribution is 2.27. The maximum absolute atomic E-state index is 12.5. The van der Waals surface area contributed by atoms with Crippen molar-refractivity contribution in [1.82, 2.24) is 19.7 Å². The highest BCUT2D eigenvalue weighted by molar-refractivity contribution is 7.17. The van der Waals surface area contributed by atoms with Gasteiger partial charge in [0.25, 0.3) is 5.91 Å². The van der Waals surface area contributed by atoms with Crippen LogP contribution in [0.5, 0.6) is 0 Å². The summed E-state index contributed by atoms with van der Waals surface area (Å²) >= 11 is 7.25. The molecule has 0 aliphatic carbocycles. The van der Waals surface area contributed by atoms with Gasteiger partial charge in [-0.25, -0.2) is 9.67 Å². The summed E-state index contributed by atoms with van der Waals surface area (Å²) in [5, 5.41) is 4.45. The van der Waals surface area contributed by atoms with Crippen LogP contribution < -0.4 is 0 Å². The Kier molecular flexibility index (Phi) is 3.99. The van der Waals surface area contributed by atoms with Gasteiger partial charge < -0.3 is 4.90 Å². The van der Waals surface area contributed by atoms with Gasteiger partial charge in [0, 0.05) is 13.1 Å². The molecule has 7 heteroatoms. The van der Waals surface area contributed by atoms with E-state index in [9.17, 15) is 4.79 Å². The van der Waals surface area contributed by atoms with Gasteiger partial charge in [0.1, 0.15) is 11.6 Å². The molecule has 1 aliphatic heterocycles. The van der Waals surface area contributed by atoms with E-state index in [0.717, 1.165) is 31.0 Å². The fraction of sp³-hybridized carbons (Fsp3) is 0.500. The second-order valence-electron chi connectivity index (χ2n) is 5.30. The average Bonchev–Trinajstić information content (AvgIpc) is 3.04. The van der Waals surface area contributed by atoms with Crippen molar-refractivity contribution in [3.05, 3.63) is 33.0 Å². The molecule has 3 heterocycles. The Morgan fingerprint density at radius 2 is 2.24 bits per heavy atom. The van der Waals surface area contributed by atoms with Gasteiger partial charge in [-0.15, -0.1) is 11.3 Å².